The number of hydrogen-bond donors (Lipinski definition) is 2. The first-order valence-corrected chi connectivity index (χ1v) is 13.1. The predicted octanol–water partition coefficient (Wildman–Crippen LogP) is 5.94. The molecule has 1 saturated heterocycles. The Hall–Kier alpha value is -2.77. The first-order valence-electron chi connectivity index (χ1n) is 12.3. The van der Waals surface area contributed by atoms with E-state index in [9.17, 15) is 4.79 Å². The lowest BCUT2D eigenvalue weighted by atomic mass is 9.76. The molecule has 1 fully saturated rings. The molecule has 4 heterocycles. The second-order valence-corrected chi connectivity index (χ2v) is 10.3. The second-order valence-electron chi connectivity index (χ2n) is 9.24. The zero-order valence-corrected chi connectivity index (χ0v) is 22.7. The molecule has 0 aliphatic carbocycles. The van der Waals surface area contributed by atoms with Gasteiger partial charge in [-0.3, -0.25) is 9.20 Å². The molecule has 1 unspecified atom stereocenters. The molecule has 37 heavy (non-hydrogen) atoms. The summed E-state index contributed by atoms with van der Waals surface area (Å²) in [6, 6.07) is 27.2. The van der Waals surface area contributed by atoms with Crippen molar-refractivity contribution in [1.29, 1.82) is 0 Å². The van der Waals surface area contributed by atoms with E-state index in [0.29, 0.717) is 10.8 Å². The molecule has 0 spiro atoms. The lowest BCUT2D eigenvalue weighted by Gasteiger charge is -2.37. The normalized spacial score (nSPS) is 15.9. The van der Waals surface area contributed by atoms with Gasteiger partial charge in [-0.1, -0.05) is 78.5 Å². The van der Waals surface area contributed by atoms with E-state index in [2.05, 4.69) is 80.7 Å². The molecule has 0 radical (unpaired) electrons. The van der Waals surface area contributed by atoms with Crippen molar-refractivity contribution < 1.29 is 4.79 Å². The fourth-order valence-electron chi connectivity index (χ4n) is 5.43. The van der Waals surface area contributed by atoms with Gasteiger partial charge in [-0.25, -0.2) is 4.98 Å². The number of aromatic nitrogens is 2. The van der Waals surface area contributed by atoms with Crippen LogP contribution in [0.15, 0.2) is 95.0 Å². The van der Waals surface area contributed by atoms with Crippen molar-refractivity contribution in [2.45, 2.75) is 29.8 Å². The lowest BCUT2D eigenvalue weighted by Crippen LogP contribution is -2.48. The third-order valence-electron chi connectivity index (χ3n) is 7.10. The number of piperidine rings is 1. The van der Waals surface area contributed by atoms with Gasteiger partial charge in [0.15, 0.2) is 0 Å². The molecule has 192 valence electrons. The Morgan fingerprint density at radius 2 is 1.57 bits per heavy atom. The summed E-state index contributed by atoms with van der Waals surface area (Å²) in [5.41, 5.74) is 4.31. The highest BCUT2D eigenvalue weighted by molar-refractivity contribution is 8.04. The van der Waals surface area contributed by atoms with Crippen LogP contribution in [0.5, 0.6) is 0 Å². The van der Waals surface area contributed by atoms with Gasteiger partial charge < -0.3 is 10.6 Å². The Kier molecular flexibility index (Phi) is 8.98. The highest BCUT2D eigenvalue weighted by Crippen LogP contribution is 2.37. The quantitative estimate of drug-likeness (QED) is 0.310. The van der Waals surface area contributed by atoms with Crippen molar-refractivity contribution in [3.63, 3.8) is 0 Å². The maximum atomic E-state index is 13.8. The van der Waals surface area contributed by atoms with Crippen LogP contribution in [0.1, 0.15) is 35.6 Å². The van der Waals surface area contributed by atoms with Crippen molar-refractivity contribution >= 4 is 54.2 Å². The minimum atomic E-state index is -0.0153. The van der Waals surface area contributed by atoms with Gasteiger partial charge in [0.25, 0.3) is 5.91 Å². The molecule has 6 rings (SSSR count). The number of imidazole rings is 1. The van der Waals surface area contributed by atoms with Gasteiger partial charge in [-0.05, 0) is 61.2 Å². The number of amides is 1. The van der Waals surface area contributed by atoms with Crippen LogP contribution in [-0.2, 0) is 4.79 Å². The van der Waals surface area contributed by atoms with Crippen LogP contribution < -0.4 is 10.6 Å². The zero-order chi connectivity index (χ0) is 23.6. The number of nitrogens with one attached hydrogen (secondary N) is 2. The van der Waals surface area contributed by atoms with Crippen LogP contribution in [0.4, 0.5) is 0 Å². The number of benzene rings is 2. The second kappa shape index (κ2) is 12.2. The molecule has 5 nitrogen and oxygen atoms in total. The number of halogens is 2. The summed E-state index contributed by atoms with van der Waals surface area (Å²) in [5.74, 6) is 0.446. The Labute approximate surface area is 234 Å². The van der Waals surface area contributed by atoms with Gasteiger partial charge in [0.05, 0.1) is 21.8 Å². The number of carbonyl (C=O) groups excluding carboxylic acids is 1. The molecule has 2 aliphatic rings. The van der Waals surface area contributed by atoms with Crippen molar-refractivity contribution in [3.8, 4) is 0 Å². The Morgan fingerprint density at radius 3 is 2.22 bits per heavy atom. The van der Waals surface area contributed by atoms with E-state index in [1.54, 1.807) is 0 Å². The summed E-state index contributed by atoms with van der Waals surface area (Å²) in [6.07, 6.45) is 5.89. The topological polar surface area (TPSA) is 58.4 Å². The fourth-order valence-corrected chi connectivity index (χ4v) is 6.42. The summed E-state index contributed by atoms with van der Waals surface area (Å²) in [5, 5.41) is 8.03. The summed E-state index contributed by atoms with van der Waals surface area (Å²) in [7, 11) is 0. The molecule has 1 atom stereocenters. The molecular formula is C29H30Cl2N4OS. The molecule has 4 aromatic rings. The number of nitrogens with zero attached hydrogens (tertiary/aromatic N) is 2. The maximum absolute atomic E-state index is 13.8. The summed E-state index contributed by atoms with van der Waals surface area (Å²) < 4.78 is 2.10. The van der Waals surface area contributed by atoms with E-state index >= 15 is 0 Å². The first kappa shape index (κ1) is 27.3. The monoisotopic (exact) mass is 552 g/mol. The SMILES string of the molecule is Cl.Cl.O=C(NC(C1CCNCC1)C(c1ccccc1)c1ccccc1)C1=Cc2cnc3cccc(n23)S1. The minimum Gasteiger partial charge on any atom is -0.348 e. The van der Waals surface area contributed by atoms with E-state index < -0.39 is 0 Å². The molecule has 1 amide bonds. The highest BCUT2D eigenvalue weighted by Gasteiger charge is 2.35. The number of carbonyl (C=O) groups is 1. The van der Waals surface area contributed by atoms with Crippen LogP contribution in [0.25, 0.3) is 11.7 Å². The van der Waals surface area contributed by atoms with E-state index in [0.717, 1.165) is 42.3 Å². The molecule has 8 heteroatoms. The Bertz CT molecular complexity index is 1330. The average molecular weight is 554 g/mol. The average Bonchev–Trinajstić information content (AvgIpc) is 3.34. The van der Waals surface area contributed by atoms with Crippen molar-refractivity contribution in [3.05, 3.63) is 107 Å². The van der Waals surface area contributed by atoms with Crippen LogP contribution in [-0.4, -0.2) is 34.4 Å². The van der Waals surface area contributed by atoms with Gasteiger partial charge in [-0.2, -0.15) is 0 Å². The fraction of sp³-hybridized carbons (Fsp3) is 0.241. The van der Waals surface area contributed by atoms with Gasteiger partial charge in [-0.15, -0.1) is 24.8 Å². The third kappa shape index (κ3) is 5.58. The van der Waals surface area contributed by atoms with E-state index in [-0.39, 0.29) is 42.7 Å². The molecule has 2 aromatic carbocycles. The summed E-state index contributed by atoms with van der Waals surface area (Å²) >= 11 is 1.51. The number of hydrogen-bond acceptors (Lipinski definition) is 4. The molecule has 2 N–H and O–H groups in total. The largest absolute Gasteiger partial charge is 0.348 e. The van der Waals surface area contributed by atoms with Gasteiger partial charge in [0, 0.05) is 12.0 Å². The summed E-state index contributed by atoms with van der Waals surface area (Å²) in [4.78, 5) is 19.0. The van der Waals surface area contributed by atoms with Crippen LogP contribution >= 0.6 is 36.6 Å². The van der Waals surface area contributed by atoms with Crippen molar-refractivity contribution in [1.82, 2.24) is 20.0 Å². The van der Waals surface area contributed by atoms with Crippen molar-refractivity contribution in [2.75, 3.05) is 13.1 Å². The highest BCUT2D eigenvalue weighted by atomic mass is 35.5. The lowest BCUT2D eigenvalue weighted by molar-refractivity contribution is -0.118. The van der Waals surface area contributed by atoms with Gasteiger partial charge >= 0.3 is 0 Å². The first-order chi connectivity index (χ1) is 17.3. The molecular weight excluding hydrogens is 523 g/mol. The standard InChI is InChI=1S/C29H28N4OS.2ClH/c34-29(24-18-23-19-31-25-12-7-13-26(35-24)33(23)25)32-28(22-14-16-30-17-15-22)27(20-8-3-1-4-9-20)21-10-5-2-6-11-21;;/h1-13,18-19,22,27-28,30H,14-17H2,(H,32,34);2*1H. The minimum absolute atomic E-state index is 0. The van der Waals surface area contributed by atoms with Crippen molar-refractivity contribution in [2.24, 2.45) is 5.92 Å². The predicted molar refractivity (Wildman–Crippen MR) is 156 cm³/mol. The van der Waals surface area contributed by atoms with Gasteiger partial charge in [0.2, 0.25) is 0 Å². The van der Waals surface area contributed by atoms with Gasteiger partial charge in [0.1, 0.15) is 5.65 Å². The smallest absolute Gasteiger partial charge is 0.258 e. The number of pyridine rings is 1. The van der Waals surface area contributed by atoms with Crippen LogP contribution in [0, 0.1) is 5.92 Å². The third-order valence-corrected chi connectivity index (χ3v) is 8.16. The zero-order valence-electron chi connectivity index (χ0n) is 20.2. The van der Waals surface area contributed by atoms with Crippen LogP contribution in [0.2, 0.25) is 0 Å². The number of thioether (sulfide) groups is 1. The van der Waals surface area contributed by atoms with Crippen LogP contribution in [0.3, 0.4) is 0 Å². The Balaban J connectivity index is 0.00000160. The molecule has 2 aromatic heterocycles. The summed E-state index contributed by atoms with van der Waals surface area (Å²) in [6.45, 7) is 1.96. The Morgan fingerprint density at radius 1 is 0.919 bits per heavy atom. The van der Waals surface area contributed by atoms with E-state index in [1.807, 2.05) is 30.5 Å². The number of rotatable bonds is 6. The molecule has 0 saturated carbocycles. The van der Waals surface area contributed by atoms with E-state index in [4.69, 9.17) is 0 Å². The van der Waals surface area contributed by atoms with E-state index in [1.165, 1.54) is 22.9 Å². The molecule has 0 bridgehead atoms. The molecule has 2 aliphatic heterocycles. The maximum Gasteiger partial charge on any atom is 0.258 e.